The van der Waals surface area contributed by atoms with Crippen molar-refractivity contribution in [2.45, 2.75) is 13.0 Å². The smallest absolute Gasteiger partial charge is 0.305 e. The average molecular weight is 235 g/mol. The lowest BCUT2D eigenvalue weighted by Crippen LogP contribution is -2.09. The maximum absolute atomic E-state index is 10.9. The van der Waals surface area contributed by atoms with Crippen molar-refractivity contribution in [3.05, 3.63) is 28.7 Å². The van der Waals surface area contributed by atoms with E-state index in [4.69, 9.17) is 5.11 Å². The quantitative estimate of drug-likeness (QED) is 0.738. The second-order valence-corrected chi connectivity index (χ2v) is 3.31. The first-order valence-corrected chi connectivity index (χ1v) is 4.84. The lowest BCUT2D eigenvalue weighted by Gasteiger charge is -2.01. The number of hydrogen-bond acceptors (Lipinski definition) is 5. The van der Waals surface area contributed by atoms with Gasteiger partial charge in [0.05, 0.1) is 13.0 Å². The lowest BCUT2D eigenvalue weighted by atomic mass is 10.2. The van der Waals surface area contributed by atoms with Gasteiger partial charge in [-0.2, -0.15) is 0 Å². The normalized spacial score (nSPS) is 10.4. The summed E-state index contributed by atoms with van der Waals surface area (Å²) < 4.78 is 1.38. The molecule has 2 rings (SSSR count). The molecule has 0 aromatic carbocycles. The molecule has 0 aliphatic carbocycles. The Morgan fingerprint density at radius 2 is 2.29 bits per heavy atom. The minimum Gasteiger partial charge on any atom is -0.481 e. The Hall–Kier alpha value is -2.51. The topological polar surface area (TPSA) is 114 Å². The van der Waals surface area contributed by atoms with Crippen molar-refractivity contribution in [1.82, 2.24) is 25.2 Å². The van der Waals surface area contributed by atoms with Gasteiger partial charge >= 0.3 is 5.97 Å². The number of pyridine rings is 1. The van der Waals surface area contributed by atoms with Crippen LogP contribution in [0.25, 0.3) is 11.4 Å². The number of nitrogens with zero attached hydrogens (tertiary/aromatic N) is 4. The zero-order valence-corrected chi connectivity index (χ0v) is 8.70. The summed E-state index contributed by atoms with van der Waals surface area (Å²) in [4.78, 5) is 23.9. The van der Waals surface area contributed by atoms with E-state index in [0.29, 0.717) is 11.4 Å². The third-order valence-corrected chi connectivity index (χ3v) is 2.11. The Kier molecular flexibility index (Phi) is 2.95. The maximum atomic E-state index is 10.9. The van der Waals surface area contributed by atoms with Gasteiger partial charge in [-0.3, -0.25) is 9.59 Å². The first-order valence-electron chi connectivity index (χ1n) is 4.84. The predicted octanol–water partition coefficient (Wildman–Crippen LogP) is -0.497. The lowest BCUT2D eigenvalue weighted by molar-refractivity contribution is -0.137. The number of nitrogens with one attached hydrogen (secondary N) is 1. The number of H-pyrrole nitrogens is 1. The molecule has 0 radical (unpaired) electrons. The van der Waals surface area contributed by atoms with Crippen LogP contribution in [0.5, 0.6) is 0 Å². The van der Waals surface area contributed by atoms with Gasteiger partial charge in [0, 0.05) is 17.8 Å². The van der Waals surface area contributed by atoms with Crippen LogP contribution in [-0.2, 0) is 11.3 Å². The summed E-state index contributed by atoms with van der Waals surface area (Å²) in [5, 5.41) is 19.5. The summed E-state index contributed by atoms with van der Waals surface area (Å²) >= 11 is 0. The molecule has 0 atom stereocenters. The van der Waals surface area contributed by atoms with Crippen LogP contribution in [0.2, 0.25) is 0 Å². The molecule has 8 heteroatoms. The van der Waals surface area contributed by atoms with Crippen LogP contribution < -0.4 is 5.56 Å². The second kappa shape index (κ2) is 4.56. The van der Waals surface area contributed by atoms with E-state index in [0.717, 1.165) is 0 Å². The summed E-state index contributed by atoms with van der Waals surface area (Å²) in [6.07, 6.45) is 1.41. The highest BCUT2D eigenvalue weighted by atomic mass is 16.4. The van der Waals surface area contributed by atoms with Gasteiger partial charge in [-0.25, -0.2) is 4.68 Å². The highest BCUT2D eigenvalue weighted by Gasteiger charge is 2.09. The van der Waals surface area contributed by atoms with E-state index in [1.54, 1.807) is 6.07 Å². The van der Waals surface area contributed by atoms with Crippen molar-refractivity contribution in [3.8, 4) is 11.4 Å². The van der Waals surface area contributed by atoms with Crippen LogP contribution in [0, 0.1) is 0 Å². The summed E-state index contributed by atoms with van der Waals surface area (Å²) in [7, 11) is 0. The monoisotopic (exact) mass is 235 g/mol. The molecule has 0 unspecified atom stereocenters. The minimum absolute atomic E-state index is 0.0681. The van der Waals surface area contributed by atoms with Gasteiger partial charge in [0.15, 0.2) is 5.82 Å². The zero-order chi connectivity index (χ0) is 12.3. The number of carbonyl (C=O) groups is 1. The molecular weight excluding hydrogens is 226 g/mol. The Balaban J connectivity index is 2.27. The minimum atomic E-state index is -0.923. The standard InChI is InChI=1S/C9H9N5O3/c15-7-2-1-6(5-10-7)9-11-12-13-14(9)4-3-8(16)17/h1-2,5H,3-4H2,(H,10,15)(H,16,17). The van der Waals surface area contributed by atoms with Crippen molar-refractivity contribution in [2.75, 3.05) is 0 Å². The molecule has 8 nitrogen and oxygen atoms in total. The fourth-order valence-electron chi connectivity index (χ4n) is 1.31. The number of aryl methyl sites for hydroxylation is 1. The van der Waals surface area contributed by atoms with E-state index in [9.17, 15) is 9.59 Å². The Morgan fingerprint density at radius 3 is 2.94 bits per heavy atom. The number of carboxylic acids is 1. The van der Waals surface area contributed by atoms with Gasteiger partial charge in [-0.1, -0.05) is 0 Å². The number of rotatable bonds is 4. The molecule has 0 saturated carbocycles. The molecule has 2 aromatic heterocycles. The van der Waals surface area contributed by atoms with E-state index in [1.807, 2.05) is 0 Å². The molecule has 17 heavy (non-hydrogen) atoms. The molecule has 2 aromatic rings. The van der Waals surface area contributed by atoms with Crippen LogP contribution >= 0.6 is 0 Å². The summed E-state index contributed by atoms with van der Waals surface area (Å²) in [6, 6.07) is 2.92. The molecule has 0 aliphatic rings. The van der Waals surface area contributed by atoms with Gasteiger partial charge in [-0.15, -0.1) is 5.10 Å². The van der Waals surface area contributed by atoms with Gasteiger partial charge in [0.25, 0.3) is 0 Å². The summed E-state index contributed by atoms with van der Waals surface area (Å²) in [5.74, 6) is -0.504. The first kappa shape index (κ1) is 11.0. The average Bonchev–Trinajstić information content (AvgIpc) is 2.75. The Bertz CT molecular complexity index is 568. The van der Waals surface area contributed by atoms with Gasteiger partial charge < -0.3 is 10.1 Å². The van der Waals surface area contributed by atoms with E-state index in [-0.39, 0.29) is 18.5 Å². The van der Waals surface area contributed by atoms with E-state index < -0.39 is 5.97 Å². The first-order chi connectivity index (χ1) is 8.16. The van der Waals surface area contributed by atoms with Crippen LogP contribution in [0.15, 0.2) is 23.1 Å². The van der Waals surface area contributed by atoms with Gasteiger partial charge in [0.1, 0.15) is 0 Å². The number of tetrazole rings is 1. The number of aromatic amines is 1. The summed E-state index contributed by atoms with van der Waals surface area (Å²) in [6.45, 7) is 0.177. The molecular formula is C9H9N5O3. The fourth-order valence-corrected chi connectivity index (χ4v) is 1.31. The SMILES string of the molecule is O=C(O)CCn1nnnc1-c1ccc(=O)[nH]c1. The molecule has 2 heterocycles. The van der Waals surface area contributed by atoms with E-state index in [1.165, 1.54) is 16.9 Å². The third-order valence-electron chi connectivity index (χ3n) is 2.11. The molecule has 0 spiro atoms. The van der Waals surface area contributed by atoms with Gasteiger partial charge in [0.2, 0.25) is 5.56 Å². The molecule has 0 fully saturated rings. The summed E-state index contributed by atoms with van der Waals surface area (Å²) in [5.41, 5.74) is 0.401. The maximum Gasteiger partial charge on any atom is 0.305 e. The second-order valence-electron chi connectivity index (χ2n) is 3.31. The van der Waals surface area contributed by atoms with Crippen molar-refractivity contribution < 1.29 is 9.90 Å². The van der Waals surface area contributed by atoms with Crippen LogP contribution in [-0.4, -0.2) is 36.3 Å². The van der Waals surface area contributed by atoms with Crippen molar-refractivity contribution in [3.63, 3.8) is 0 Å². The third kappa shape index (κ3) is 2.54. The largest absolute Gasteiger partial charge is 0.481 e. The molecule has 0 bridgehead atoms. The fraction of sp³-hybridized carbons (Fsp3) is 0.222. The van der Waals surface area contributed by atoms with E-state index in [2.05, 4.69) is 20.5 Å². The van der Waals surface area contributed by atoms with Crippen molar-refractivity contribution in [1.29, 1.82) is 0 Å². The molecule has 2 N–H and O–H groups in total. The number of carboxylic acid groups (broad SMARTS) is 1. The van der Waals surface area contributed by atoms with Crippen LogP contribution in [0.4, 0.5) is 0 Å². The Labute approximate surface area is 94.9 Å². The zero-order valence-electron chi connectivity index (χ0n) is 8.70. The van der Waals surface area contributed by atoms with Crippen molar-refractivity contribution >= 4 is 5.97 Å². The van der Waals surface area contributed by atoms with E-state index >= 15 is 0 Å². The van der Waals surface area contributed by atoms with Crippen molar-refractivity contribution in [2.24, 2.45) is 0 Å². The molecule has 0 amide bonds. The highest BCUT2D eigenvalue weighted by molar-refractivity contribution is 5.66. The van der Waals surface area contributed by atoms with Gasteiger partial charge in [-0.05, 0) is 16.5 Å². The highest BCUT2D eigenvalue weighted by Crippen LogP contribution is 2.12. The molecule has 0 saturated heterocycles. The number of aromatic nitrogens is 5. The predicted molar refractivity (Wildman–Crippen MR) is 56.1 cm³/mol. The molecule has 88 valence electrons. The number of aliphatic carboxylic acids is 1. The van der Waals surface area contributed by atoms with Crippen LogP contribution in [0.1, 0.15) is 6.42 Å². The number of hydrogen-bond donors (Lipinski definition) is 2. The Morgan fingerprint density at radius 1 is 1.47 bits per heavy atom. The molecule has 0 aliphatic heterocycles. The van der Waals surface area contributed by atoms with Crippen LogP contribution in [0.3, 0.4) is 0 Å².